The molecule has 7 heteroatoms. The van der Waals surface area contributed by atoms with Crippen molar-refractivity contribution < 1.29 is 4.39 Å². The van der Waals surface area contributed by atoms with Crippen molar-refractivity contribution in [2.75, 3.05) is 0 Å². The van der Waals surface area contributed by atoms with Crippen molar-refractivity contribution in [1.29, 1.82) is 0 Å². The fourth-order valence-corrected chi connectivity index (χ4v) is 3.30. The molecule has 2 heterocycles. The van der Waals surface area contributed by atoms with Gasteiger partial charge in [-0.15, -0.1) is 11.3 Å². The van der Waals surface area contributed by atoms with Crippen LogP contribution in [-0.2, 0) is 6.54 Å². The molecule has 104 valence electrons. The Labute approximate surface area is 129 Å². The van der Waals surface area contributed by atoms with Crippen molar-refractivity contribution in [1.82, 2.24) is 14.5 Å². The molecule has 3 nitrogen and oxygen atoms in total. The van der Waals surface area contributed by atoms with Gasteiger partial charge < -0.3 is 9.55 Å². The second-order valence-electron chi connectivity index (χ2n) is 4.60. The number of hydrogen-bond acceptors (Lipinski definition) is 3. The average molecular weight is 328 g/mol. The summed E-state index contributed by atoms with van der Waals surface area (Å²) >= 11 is 12.7. The molecule has 0 aliphatic rings. The van der Waals surface area contributed by atoms with E-state index in [1.807, 2.05) is 9.95 Å². The molecule has 3 aromatic rings. The van der Waals surface area contributed by atoms with Gasteiger partial charge in [-0.3, -0.25) is 0 Å². The number of imidazole rings is 1. The predicted octanol–water partition coefficient (Wildman–Crippen LogP) is 4.75. The molecular formula is C13H11ClFN3S2. The summed E-state index contributed by atoms with van der Waals surface area (Å²) in [5.74, 6) is -0.233. The van der Waals surface area contributed by atoms with Gasteiger partial charge >= 0.3 is 0 Å². The highest BCUT2D eigenvalue weighted by Gasteiger charge is 2.14. The molecule has 1 N–H and O–H groups in total. The van der Waals surface area contributed by atoms with Crippen molar-refractivity contribution in [2.45, 2.75) is 19.4 Å². The van der Waals surface area contributed by atoms with Gasteiger partial charge in [0.25, 0.3) is 0 Å². The highest BCUT2D eigenvalue weighted by Crippen LogP contribution is 2.26. The Balaban J connectivity index is 2.05. The van der Waals surface area contributed by atoms with Crippen molar-refractivity contribution in [2.24, 2.45) is 0 Å². The highest BCUT2D eigenvalue weighted by atomic mass is 35.5. The molecule has 20 heavy (non-hydrogen) atoms. The number of aromatic amines is 1. The van der Waals surface area contributed by atoms with Crippen LogP contribution in [0.1, 0.15) is 17.8 Å². The molecule has 0 saturated heterocycles. The average Bonchev–Trinajstić information content (AvgIpc) is 3.01. The van der Waals surface area contributed by atoms with Crippen LogP contribution in [0, 0.1) is 10.6 Å². The van der Waals surface area contributed by atoms with Crippen LogP contribution in [0.15, 0.2) is 23.7 Å². The molecule has 0 bridgehead atoms. The van der Waals surface area contributed by atoms with Crippen LogP contribution in [-0.4, -0.2) is 14.5 Å². The van der Waals surface area contributed by atoms with Gasteiger partial charge in [-0.1, -0.05) is 18.5 Å². The lowest BCUT2D eigenvalue weighted by atomic mass is 10.2. The van der Waals surface area contributed by atoms with Gasteiger partial charge in [0.15, 0.2) is 4.77 Å². The molecule has 1 atom stereocenters. The van der Waals surface area contributed by atoms with Crippen LogP contribution in [0.25, 0.3) is 11.0 Å². The van der Waals surface area contributed by atoms with Gasteiger partial charge in [-0.25, -0.2) is 9.37 Å². The lowest BCUT2D eigenvalue weighted by Gasteiger charge is -2.10. The maximum Gasteiger partial charge on any atom is 0.178 e. The minimum absolute atomic E-state index is 0.0915. The fourth-order valence-electron chi connectivity index (χ4n) is 2.16. The van der Waals surface area contributed by atoms with E-state index in [0.29, 0.717) is 11.3 Å². The van der Waals surface area contributed by atoms with E-state index >= 15 is 0 Å². The molecule has 0 radical (unpaired) electrons. The maximum absolute atomic E-state index is 13.6. The van der Waals surface area contributed by atoms with Crippen LogP contribution in [0.3, 0.4) is 0 Å². The molecule has 2 aromatic heterocycles. The highest BCUT2D eigenvalue weighted by molar-refractivity contribution is 7.71. The van der Waals surface area contributed by atoms with Crippen LogP contribution >= 0.6 is 35.2 Å². The second kappa shape index (κ2) is 5.27. The van der Waals surface area contributed by atoms with Crippen molar-refractivity contribution in [3.05, 3.63) is 44.3 Å². The van der Waals surface area contributed by atoms with E-state index in [1.54, 1.807) is 23.6 Å². The normalized spacial score (nSPS) is 12.9. The Bertz CT molecular complexity index is 807. The largest absolute Gasteiger partial charge is 0.331 e. The summed E-state index contributed by atoms with van der Waals surface area (Å²) in [5.41, 5.74) is 1.47. The summed E-state index contributed by atoms with van der Waals surface area (Å²) in [7, 11) is 0. The third kappa shape index (κ3) is 2.39. The molecule has 0 amide bonds. The Hall–Kier alpha value is -1.24. The minimum atomic E-state index is -0.441. The molecule has 0 fully saturated rings. The van der Waals surface area contributed by atoms with E-state index in [2.05, 4.69) is 16.9 Å². The monoisotopic (exact) mass is 327 g/mol. The predicted molar refractivity (Wildman–Crippen MR) is 82.6 cm³/mol. The molecule has 3 rings (SSSR count). The lowest BCUT2D eigenvalue weighted by Crippen LogP contribution is -2.06. The van der Waals surface area contributed by atoms with Gasteiger partial charge in [-0.2, -0.15) is 0 Å². The molecule has 1 aromatic carbocycles. The first-order chi connectivity index (χ1) is 9.56. The summed E-state index contributed by atoms with van der Waals surface area (Å²) in [6, 6.07) is 2.98. The maximum atomic E-state index is 13.6. The molecular weight excluding hydrogens is 317 g/mol. The lowest BCUT2D eigenvalue weighted by molar-refractivity contribution is 0.597. The molecule has 0 spiro atoms. The van der Waals surface area contributed by atoms with E-state index in [1.165, 1.54) is 6.07 Å². The molecule has 1 unspecified atom stereocenters. The number of aromatic nitrogens is 3. The number of rotatable bonds is 3. The SMILES string of the molecule is CC(Cn1c(=S)[nH]c2cc(Cl)c(F)cc21)c1nccs1. The zero-order valence-electron chi connectivity index (χ0n) is 10.6. The van der Waals surface area contributed by atoms with Crippen molar-refractivity contribution in [3.63, 3.8) is 0 Å². The first-order valence-electron chi connectivity index (χ1n) is 6.03. The van der Waals surface area contributed by atoms with Crippen molar-refractivity contribution in [3.8, 4) is 0 Å². The number of thiazole rings is 1. The number of halogens is 2. The standard InChI is InChI=1S/C13H11ClFN3S2/c1-7(12-16-2-3-20-12)6-18-11-5-9(15)8(14)4-10(11)17-13(18)19/h2-5,7H,6H2,1H3,(H,17,19). The van der Waals surface area contributed by atoms with Crippen LogP contribution < -0.4 is 0 Å². The summed E-state index contributed by atoms with van der Waals surface area (Å²) in [6.07, 6.45) is 1.78. The van der Waals surface area contributed by atoms with E-state index < -0.39 is 5.82 Å². The number of benzene rings is 1. The zero-order chi connectivity index (χ0) is 14.3. The van der Waals surface area contributed by atoms with Gasteiger partial charge in [0, 0.05) is 30.1 Å². The minimum Gasteiger partial charge on any atom is -0.331 e. The molecule has 0 saturated carbocycles. The zero-order valence-corrected chi connectivity index (χ0v) is 12.9. The smallest absolute Gasteiger partial charge is 0.178 e. The Morgan fingerprint density at radius 3 is 3.05 bits per heavy atom. The number of H-pyrrole nitrogens is 1. The quantitative estimate of drug-likeness (QED) is 0.704. The Kier molecular flexibility index (Phi) is 3.62. The number of fused-ring (bicyclic) bond motifs is 1. The Morgan fingerprint density at radius 2 is 2.35 bits per heavy atom. The van der Waals surface area contributed by atoms with Gasteiger partial charge in [0.05, 0.1) is 21.1 Å². The van der Waals surface area contributed by atoms with E-state index in [0.717, 1.165) is 16.0 Å². The van der Waals surface area contributed by atoms with Crippen LogP contribution in [0.5, 0.6) is 0 Å². The number of nitrogens with zero attached hydrogens (tertiary/aromatic N) is 2. The summed E-state index contributed by atoms with van der Waals surface area (Å²) in [4.78, 5) is 7.36. The van der Waals surface area contributed by atoms with E-state index in [9.17, 15) is 4.39 Å². The summed E-state index contributed by atoms with van der Waals surface area (Å²) in [5, 5.41) is 3.07. The fraction of sp³-hybridized carbons (Fsp3) is 0.231. The third-order valence-electron chi connectivity index (χ3n) is 3.15. The van der Waals surface area contributed by atoms with Gasteiger partial charge in [0.1, 0.15) is 5.82 Å². The van der Waals surface area contributed by atoms with E-state index in [-0.39, 0.29) is 10.9 Å². The Morgan fingerprint density at radius 1 is 1.55 bits per heavy atom. The van der Waals surface area contributed by atoms with Gasteiger partial charge in [-0.05, 0) is 18.3 Å². The van der Waals surface area contributed by atoms with Crippen LogP contribution in [0.4, 0.5) is 4.39 Å². The first-order valence-corrected chi connectivity index (χ1v) is 7.70. The topological polar surface area (TPSA) is 33.6 Å². The number of nitrogens with one attached hydrogen (secondary N) is 1. The summed E-state index contributed by atoms with van der Waals surface area (Å²) < 4.78 is 16.1. The molecule has 0 aliphatic heterocycles. The third-order valence-corrected chi connectivity index (χ3v) is 4.76. The second-order valence-corrected chi connectivity index (χ2v) is 6.32. The van der Waals surface area contributed by atoms with Crippen LogP contribution in [0.2, 0.25) is 5.02 Å². The molecule has 0 aliphatic carbocycles. The number of hydrogen-bond donors (Lipinski definition) is 1. The summed E-state index contributed by atoms with van der Waals surface area (Å²) in [6.45, 7) is 2.72. The van der Waals surface area contributed by atoms with E-state index in [4.69, 9.17) is 23.8 Å². The van der Waals surface area contributed by atoms with Gasteiger partial charge in [0.2, 0.25) is 0 Å². The first kappa shape index (κ1) is 13.7. The van der Waals surface area contributed by atoms with Crippen molar-refractivity contribution >= 4 is 46.2 Å².